The van der Waals surface area contributed by atoms with Crippen LogP contribution in [0.3, 0.4) is 0 Å². The summed E-state index contributed by atoms with van der Waals surface area (Å²) < 4.78 is 5.65. The zero-order valence-electron chi connectivity index (χ0n) is 14.1. The molecular weight excluding hydrogens is 308 g/mol. The topological polar surface area (TPSA) is 51.2 Å². The Labute approximate surface area is 141 Å². The summed E-state index contributed by atoms with van der Waals surface area (Å²) in [5.41, 5.74) is 1.77. The van der Waals surface area contributed by atoms with E-state index in [1.54, 1.807) is 0 Å². The van der Waals surface area contributed by atoms with E-state index in [1.165, 1.54) is 11.3 Å². The molecule has 0 saturated heterocycles. The first-order valence-corrected chi connectivity index (χ1v) is 8.85. The molecule has 124 valence electrons. The summed E-state index contributed by atoms with van der Waals surface area (Å²) >= 11 is 1.54. The van der Waals surface area contributed by atoms with Crippen molar-refractivity contribution in [3.05, 3.63) is 35.3 Å². The van der Waals surface area contributed by atoms with Crippen molar-refractivity contribution in [3.8, 4) is 16.3 Å². The van der Waals surface area contributed by atoms with Crippen LogP contribution >= 0.6 is 11.3 Å². The van der Waals surface area contributed by atoms with Gasteiger partial charge in [-0.3, -0.25) is 4.79 Å². The second kappa shape index (κ2) is 8.11. The van der Waals surface area contributed by atoms with Gasteiger partial charge in [-0.25, -0.2) is 4.98 Å². The Bertz CT molecular complexity index is 652. The van der Waals surface area contributed by atoms with Crippen LogP contribution in [0.15, 0.2) is 29.6 Å². The molecule has 23 heavy (non-hydrogen) atoms. The zero-order valence-corrected chi connectivity index (χ0v) is 14.9. The highest BCUT2D eigenvalue weighted by atomic mass is 32.1. The van der Waals surface area contributed by atoms with Gasteiger partial charge in [0.05, 0.1) is 24.3 Å². The number of carbonyl (C=O) groups is 1. The van der Waals surface area contributed by atoms with E-state index in [0.29, 0.717) is 18.9 Å². The molecule has 1 aromatic heterocycles. The lowest BCUT2D eigenvalue weighted by molar-refractivity contribution is -0.121. The van der Waals surface area contributed by atoms with E-state index in [4.69, 9.17) is 4.74 Å². The van der Waals surface area contributed by atoms with Crippen LogP contribution in [0.5, 0.6) is 5.75 Å². The summed E-state index contributed by atoms with van der Waals surface area (Å²) in [5.74, 6) is 1.26. The third kappa shape index (κ3) is 4.79. The molecule has 0 aliphatic heterocycles. The quantitative estimate of drug-likeness (QED) is 0.836. The van der Waals surface area contributed by atoms with E-state index >= 15 is 0 Å². The average Bonchev–Trinajstić information content (AvgIpc) is 2.96. The van der Waals surface area contributed by atoms with Crippen molar-refractivity contribution < 1.29 is 9.53 Å². The van der Waals surface area contributed by atoms with Gasteiger partial charge >= 0.3 is 0 Å². The molecule has 1 unspecified atom stereocenters. The van der Waals surface area contributed by atoms with Gasteiger partial charge in [-0.05, 0) is 31.9 Å². The minimum Gasteiger partial charge on any atom is -0.493 e. The zero-order chi connectivity index (χ0) is 16.8. The maximum Gasteiger partial charge on any atom is 0.226 e. The normalized spacial score (nSPS) is 12.2. The van der Waals surface area contributed by atoms with Gasteiger partial charge in [0.25, 0.3) is 0 Å². The summed E-state index contributed by atoms with van der Waals surface area (Å²) in [7, 11) is 0. The molecule has 2 aromatic rings. The van der Waals surface area contributed by atoms with Gasteiger partial charge in [0, 0.05) is 11.4 Å². The van der Waals surface area contributed by atoms with Crippen molar-refractivity contribution >= 4 is 17.2 Å². The fourth-order valence-corrected chi connectivity index (χ4v) is 2.92. The molecule has 0 saturated carbocycles. The van der Waals surface area contributed by atoms with Crippen molar-refractivity contribution in [2.75, 3.05) is 6.61 Å². The minimum atomic E-state index is 0.0149. The average molecular weight is 332 g/mol. The van der Waals surface area contributed by atoms with Gasteiger partial charge < -0.3 is 10.1 Å². The number of benzene rings is 1. The molecule has 0 aliphatic rings. The maximum atomic E-state index is 12.1. The lowest BCUT2D eigenvalue weighted by Crippen LogP contribution is -2.37. The van der Waals surface area contributed by atoms with Gasteiger partial charge in [0.15, 0.2) is 0 Å². The number of carbonyl (C=O) groups excluding carboxylic acids is 1. The molecule has 0 spiro atoms. The van der Waals surface area contributed by atoms with Gasteiger partial charge in [0.2, 0.25) is 5.91 Å². The monoisotopic (exact) mass is 332 g/mol. The standard InChI is InChI=1S/C18H24N2O2S/c1-5-22-16-9-7-6-8-15(16)18-20-14(11-23-18)10-17(21)19-13(4)12(2)3/h6-9,11-13H,5,10H2,1-4H3,(H,19,21). The first-order valence-electron chi connectivity index (χ1n) is 7.97. The lowest BCUT2D eigenvalue weighted by Gasteiger charge is -2.16. The molecule has 0 fully saturated rings. The molecule has 4 nitrogen and oxygen atoms in total. The van der Waals surface area contributed by atoms with E-state index in [9.17, 15) is 4.79 Å². The Kier molecular flexibility index (Phi) is 6.16. The van der Waals surface area contributed by atoms with Crippen molar-refractivity contribution in [3.63, 3.8) is 0 Å². The second-order valence-electron chi connectivity index (χ2n) is 5.85. The second-order valence-corrected chi connectivity index (χ2v) is 6.71. The first-order chi connectivity index (χ1) is 11.0. The number of hydrogen-bond donors (Lipinski definition) is 1. The van der Waals surface area contributed by atoms with Crippen molar-refractivity contribution in [2.45, 2.75) is 40.2 Å². The summed E-state index contributed by atoms with van der Waals surface area (Å²) in [6.45, 7) is 8.79. The Morgan fingerprint density at radius 1 is 1.30 bits per heavy atom. The fraction of sp³-hybridized carbons (Fsp3) is 0.444. The molecule has 1 heterocycles. The SMILES string of the molecule is CCOc1ccccc1-c1nc(CC(=O)NC(C)C(C)C)cs1. The van der Waals surface area contributed by atoms with Crippen LogP contribution in [-0.2, 0) is 11.2 Å². The highest BCUT2D eigenvalue weighted by molar-refractivity contribution is 7.13. The minimum absolute atomic E-state index is 0.0149. The van der Waals surface area contributed by atoms with Crippen LogP contribution in [0.2, 0.25) is 0 Å². The number of amides is 1. The molecular formula is C18H24N2O2S. The number of thiazole rings is 1. The molecule has 0 bridgehead atoms. The molecule has 1 amide bonds. The molecule has 1 aromatic carbocycles. The maximum absolute atomic E-state index is 12.1. The molecule has 2 rings (SSSR count). The first kappa shape index (κ1) is 17.5. The molecule has 5 heteroatoms. The number of nitrogens with zero attached hydrogens (tertiary/aromatic N) is 1. The Morgan fingerprint density at radius 2 is 2.04 bits per heavy atom. The van der Waals surface area contributed by atoms with Gasteiger partial charge in [-0.15, -0.1) is 11.3 Å². The Morgan fingerprint density at radius 3 is 2.74 bits per heavy atom. The molecule has 1 N–H and O–H groups in total. The van der Waals surface area contributed by atoms with Crippen molar-refractivity contribution in [2.24, 2.45) is 5.92 Å². The smallest absolute Gasteiger partial charge is 0.226 e. The number of ether oxygens (including phenoxy) is 1. The molecule has 1 atom stereocenters. The summed E-state index contributed by atoms with van der Waals surface area (Å²) in [6.07, 6.45) is 0.310. The van der Waals surface area contributed by atoms with E-state index in [-0.39, 0.29) is 11.9 Å². The highest BCUT2D eigenvalue weighted by Gasteiger charge is 2.14. The van der Waals surface area contributed by atoms with E-state index in [0.717, 1.165) is 22.0 Å². The van der Waals surface area contributed by atoms with E-state index in [1.807, 2.05) is 43.5 Å². The van der Waals surface area contributed by atoms with Crippen molar-refractivity contribution in [1.29, 1.82) is 0 Å². The van der Waals surface area contributed by atoms with E-state index in [2.05, 4.69) is 24.1 Å². The van der Waals surface area contributed by atoms with Crippen LogP contribution in [0, 0.1) is 5.92 Å². The van der Waals surface area contributed by atoms with Crippen LogP contribution in [0.4, 0.5) is 0 Å². The number of aromatic nitrogens is 1. The predicted octanol–water partition coefficient (Wildman–Crippen LogP) is 3.91. The highest BCUT2D eigenvalue weighted by Crippen LogP contribution is 2.32. The number of hydrogen-bond acceptors (Lipinski definition) is 4. The number of para-hydroxylation sites is 1. The Hall–Kier alpha value is -1.88. The van der Waals surface area contributed by atoms with Crippen LogP contribution in [-0.4, -0.2) is 23.5 Å². The fourth-order valence-electron chi connectivity index (χ4n) is 2.07. The third-order valence-corrected chi connectivity index (χ3v) is 4.62. The van der Waals surface area contributed by atoms with E-state index < -0.39 is 0 Å². The summed E-state index contributed by atoms with van der Waals surface area (Å²) in [6, 6.07) is 8.02. The van der Waals surface area contributed by atoms with Crippen LogP contribution in [0.1, 0.15) is 33.4 Å². The Balaban J connectivity index is 2.08. The van der Waals surface area contributed by atoms with Gasteiger partial charge in [-0.1, -0.05) is 26.0 Å². The third-order valence-electron chi connectivity index (χ3n) is 3.70. The van der Waals surface area contributed by atoms with Crippen molar-refractivity contribution in [1.82, 2.24) is 10.3 Å². The largest absolute Gasteiger partial charge is 0.493 e. The van der Waals surface area contributed by atoms with Gasteiger partial charge in [0.1, 0.15) is 10.8 Å². The lowest BCUT2D eigenvalue weighted by atomic mass is 10.1. The summed E-state index contributed by atoms with van der Waals surface area (Å²) in [4.78, 5) is 16.7. The van der Waals surface area contributed by atoms with Gasteiger partial charge in [-0.2, -0.15) is 0 Å². The van der Waals surface area contributed by atoms with Crippen LogP contribution in [0.25, 0.3) is 10.6 Å². The predicted molar refractivity (Wildman–Crippen MR) is 94.9 cm³/mol. The molecule has 0 radical (unpaired) electrons. The molecule has 0 aliphatic carbocycles. The number of nitrogens with one attached hydrogen (secondary N) is 1. The summed E-state index contributed by atoms with van der Waals surface area (Å²) in [5, 5.41) is 5.83. The van der Waals surface area contributed by atoms with Crippen LogP contribution < -0.4 is 10.1 Å². The number of rotatable bonds is 7.